The first-order chi connectivity index (χ1) is 8.36. The lowest BCUT2D eigenvalue weighted by atomic mass is 10.0. The van der Waals surface area contributed by atoms with E-state index in [1.165, 1.54) is 16.9 Å². The van der Waals surface area contributed by atoms with E-state index in [2.05, 4.69) is 23.1 Å². The van der Waals surface area contributed by atoms with Crippen LogP contribution in [-0.2, 0) is 11.2 Å². The molecule has 1 aromatic rings. The van der Waals surface area contributed by atoms with Gasteiger partial charge in [-0.2, -0.15) is 0 Å². The number of nitrogens with two attached hydrogens (primary N) is 1. The van der Waals surface area contributed by atoms with Crippen LogP contribution in [0.4, 0.5) is 11.4 Å². The lowest BCUT2D eigenvalue weighted by molar-refractivity contribution is 0.122. The van der Waals surface area contributed by atoms with Gasteiger partial charge >= 0.3 is 0 Å². The third-order valence-electron chi connectivity index (χ3n) is 3.58. The standard InChI is InChI=1S/C13H19N3O/c14-16-6-2-4-11-3-1-5-12(13(11)16)15-7-9-17-10-8-15/h1,3,5H,2,4,6-10,14H2. The first kappa shape index (κ1) is 10.9. The average Bonchev–Trinajstić information content (AvgIpc) is 2.39. The van der Waals surface area contributed by atoms with Gasteiger partial charge in [-0.3, -0.25) is 0 Å². The van der Waals surface area contributed by atoms with Crippen LogP contribution in [0, 0.1) is 0 Å². The second-order valence-corrected chi connectivity index (χ2v) is 4.68. The van der Waals surface area contributed by atoms with Crippen molar-refractivity contribution in [2.24, 2.45) is 5.84 Å². The number of hydrogen-bond acceptors (Lipinski definition) is 4. The topological polar surface area (TPSA) is 41.7 Å². The quantitative estimate of drug-likeness (QED) is 0.739. The molecule has 3 rings (SSSR count). The number of rotatable bonds is 1. The highest BCUT2D eigenvalue weighted by Crippen LogP contribution is 2.35. The molecule has 1 saturated heterocycles. The molecule has 17 heavy (non-hydrogen) atoms. The lowest BCUT2D eigenvalue weighted by Crippen LogP contribution is -2.41. The molecule has 0 spiro atoms. The van der Waals surface area contributed by atoms with Gasteiger partial charge in [0.25, 0.3) is 0 Å². The van der Waals surface area contributed by atoms with Gasteiger partial charge in [-0.05, 0) is 24.5 Å². The smallest absolute Gasteiger partial charge is 0.0782 e. The minimum Gasteiger partial charge on any atom is -0.378 e. The Morgan fingerprint density at radius 1 is 1.12 bits per heavy atom. The SMILES string of the molecule is NN1CCCc2cccc(N3CCOCC3)c21. The molecule has 92 valence electrons. The van der Waals surface area contributed by atoms with Crippen LogP contribution in [0.3, 0.4) is 0 Å². The summed E-state index contributed by atoms with van der Waals surface area (Å²) in [4.78, 5) is 2.38. The van der Waals surface area contributed by atoms with Crippen molar-refractivity contribution in [1.29, 1.82) is 0 Å². The molecule has 2 heterocycles. The number of aryl methyl sites for hydroxylation is 1. The summed E-state index contributed by atoms with van der Waals surface area (Å²) >= 11 is 0. The Hall–Kier alpha value is -1.26. The highest BCUT2D eigenvalue weighted by atomic mass is 16.5. The van der Waals surface area contributed by atoms with Crippen molar-refractivity contribution in [2.45, 2.75) is 12.8 Å². The average molecular weight is 233 g/mol. The van der Waals surface area contributed by atoms with E-state index in [-0.39, 0.29) is 0 Å². The Balaban J connectivity index is 1.98. The molecule has 0 saturated carbocycles. The van der Waals surface area contributed by atoms with Crippen molar-refractivity contribution in [3.63, 3.8) is 0 Å². The Bertz CT molecular complexity index is 402. The van der Waals surface area contributed by atoms with Gasteiger partial charge in [-0.15, -0.1) is 0 Å². The van der Waals surface area contributed by atoms with E-state index >= 15 is 0 Å². The highest BCUT2D eigenvalue weighted by Gasteiger charge is 2.22. The molecule has 2 N–H and O–H groups in total. The molecule has 0 bridgehead atoms. The van der Waals surface area contributed by atoms with Gasteiger partial charge in [0.2, 0.25) is 0 Å². The van der Waals surface area contributed by atoms with Gasteiger partial charge in [0.15, 0.2) is 0 Å². The molecule has 2 aliphatic rings. The molecule has 1 fully saturated rings. The van der Waals surface area contributed by atoms with Gasteiger partial charge in [0, 0.05) is 19.6 Å². The molecule has 0 amide bonds. The maximum Gasteiger partial charge on any atom is 0.0782 e. The number of fused-ring (bicyclic) bond motifs is 1. The molecule has 1 aromatic carbocycles. The maximum absolute atomic E-state index is 6.13. The third-order valence-corrected chi connectivity index (χ3v) is 3.58. The Labute approximate surface area is 102 Å². The van der Waals surface area contributed by atoms with E-state index < -0.39 is 0 Å². The summed E-state index contributed by atoms with van der Waals surface area (Å²) in [6.07, 6.45) is 2.29. The summed E-state index contributed by atoms with van der Waals surface area (Å²) in [5, 5.41) is 1.91. The number of morpholine rings is 1. The lowest BCUT2D eigenvalue weighted by Gasteiger charge is -2.35. The predicted octanol–water partition coefficient (Wildman–Crippen LogP) is 1.15. The van der Waals surface area contributed by atoms with Crippen LogP contribution in [0.5, 0.6) is 0 Å². The number of hydrogen-bond donors (Lipinski definition) is 1. The molecular weight excluding hydrogens is 214 g/mol. The number of ether oxygens (including phenoxy) is 1. The van der Waals surface area contributed by atoms with Gasteiger partial charge in [0.05, 0.1) is 24.6 Å². The van der Waals surface area contributed by atoms with Gasteiger partial charge in [-0.1, -0.05) is 12.1 Å². The van der Waals surface area contributed by atoms with E-state index in [0.717, 1.165) is 45.7 Å². The molecule has 0 unspecified atom stereocenters. The number of hydrazine groups is 1. The number of nitrogens with zero attached hydrogens (tertiary/aromatic N) is 2. The minimum absolute atomic E-state index is 0.814. The van der Waals surface area contributed by atoms with Gasteiger partial charge in [0.1, 0.15) is 0 Å². The van der Waals surface area contributed by atoms with Crippen LogP contribution < -0.4 is 15.8 Å². The van der Waals surface area contributed by atoms with E-state index in [1.807, 2.05) is 5.01 Å². The number of benzene rings is 1. The summed E-state index contributed by atoms with van der Waals surface area (Å²) in [5.41, 5.74) is 3.87. The van der Waals surface area contributed by atoms with Crippen molar-refractivity contribution in [1.82, 2.24) is 0 Å². The fourth-order valence-corrected chi connectivity index (χ4v) is 2.72. The van der Waals surface area contributed by atoms with Crippen molar-refractivity contribution in [3.05, 3.63) is 23.8 Å². The first-order valence-electron chi connectivity index (χ1n) is 6.33. The summed E-state index contributed by atoms with van der Waals surface area (Å²) in [5.74, 6) is 6.13. The van der Waals surface area contributed by atoms with Crippen LogP contribution in [0.2, 0.25) is 0 Å². The normalized spacial score (nSPS) is 20.3. The predicted molar refractivity (Wildman–Crippen MR) is 69.3 cm³/mol. The third kappa shape index (κ3) is 1.98. The van der Waals surface area contributed by atoms with E-state index in [1.54, 1.807) is 0 Å². The zero-order valence-corrected chi connectivity index (χ0v) is 10.1. The molecule has 4 heteroatoms. The Kier molecular flexibility index (Phi) is 2.91. The van der Waals surface area contributed by atoms with Crippen LogP contribution in [-0.4, -0.2) is 32.8 Å². The first-order valence-corrected chi connectivity index (χ1v) is 6.33. The Morgan fingerprint density at radius 3 is 2.76 bits per heavy atom. The fraction of sp³-hybridized carbons (Fsp3) is 0.538. The van der Waals surface area contributed by atoms with Crippen molar-refractivity contribution in [2.75, 3.05) is 42.8 Å². The maximum atomic E-state index is 6.13. The van der Waals surface area contributed by atoms with Crippen LogP contribution in [0.15, 0.2) is 18.2 Å². The molecular formula is C13H19N3O. The van der Waals surface area contributed by atoms with E-state index in [0.29, 0.717) is 0 Å². The summed E-state index contributed by atoms with van der Waals surface area (Å²) in [6, 6.07) is 6.51. The highest BCUT2D eigenvalue weighted by molar-refractivity contribution is 5.75. The fourth-order valence-electron chi connectivity index (χ4n) is 2.72. The van der Waals surface area contributed by atoms with Gasteiger partial charge in [-0.25, -0.2) is 5.84 Å². The van der Waals surface area contributed by atoms with E-state index in [4.69, 9.17) is 10.6 Å². The zero-order valence-electron chi connectivity index (χ0n) is 10.1. The van der Waals surface area contributed by atoms with Crippen LogP contribution in [0.25, 0.3) is 0 Å². The second-order valence-electron chi connectivity index (χ2n) is 4.68. The minimum atomic E-state index is 0.814. The molecule has 2 aliphatic heterocycles. The summed E-state index contributed by atoms with van der Waals surface area (Å²) < 4.78 is 5.41. The summed E-state index contributed by atoms with van der Waals surface area (Å²) in [7, 11) is 0. The molecule has 0 aliphatic carbocycles. The van der Waals surface area contributed by atoms with Crippen molar-refractivity contribution < 1.29 is 4.74 Å². The van der Waals surface area contributed by atoms with E-state index in [9.17, 15) is 0 Å². The molecule has 0 atom stereocenters. The molecule has 0 aromatic heterocycles. The molecule has 0 radical (unpaired) electrons. The van der Waals surface area contributed by atoms with Gasteiger partial charge < -0.3 is 14.6 Å². The molecule has 4 nitrogen and oxygen atoms in total. The largest absolute Gasteiger partial charge is 0.378 e. The van der Waals surface area contributed by atoms with Crippen LogP contribution >= 0.6 is 0 Å². The van der Waals surface area contributed by atoms with Crippen molar-refractivity contribution >= 4 is 11.4 Å². The summed E-state index contributed by atoms with van der Waals surface area (Å²) in [6.45, 7) is 4.51. The van der Waals surface area contributed by atoms with Crippen molar-refractivity contribution in [3.8, 4) is 0 Å². The number of para-hydroxylation sites is 1. The number of anilines is 2. The Morgan fingerprint density at radius 2 is 1.94 bits per heavy atom. The zero-order chi connectivity index (χ0) is 11.7. The monoisotopic (exact) mass is 233 g/mol. The second kappa shape index (κ2) is 4.55. The van der Waals surface area contributed by atoms with Crippen LogP contribution in [0.1, 0.15) is 12.0 Å².